The third-order valence-electron chi connectivity index (χ3n) is 3.26. The minimum absolute atomic E-state index is 0.384. The van der Waals surface area contributed by atoms with Gasteiger partial charge >= 0.3 is 0 Å². The average molecular weight is 295 g/mol. The molecular weight excluding hydrogens is 276 g/mol. The fourth-order valence-electron chi connectivity index (χ4n) is 2.14. The molecule has 0 aliphatic carbocycles. The zero-order valence-corrected chi connectivity index (χ0v) is 12.1. The Morgan fingerprint density at radius 1 is 1.50 bits per heavy atom. The van der Waals surface area contributed by atoms with Crippen LogP contribution in [0.4, 0.5) is 5.82 Å². The molecule has 108 valence electrons. The van der Waals surface area contributed by atoms with Crippen LogP contribution in [0.2, 0.25) is 5.02 Å². The second-order valence-corrected chi connectivity index (χ2v) is 5.11. The van der Waals surface area contributed by atoms with Gasteiger partial charge in [-0.2, -0.15) is 5.26 Å². The molecule has 1 aliphatic rings. The predicted octanol–water partition coefficient (Wildman–Crippen LogP) is 2.18. The Hall–Kier alpha value is -1.35. The molecule has 6 heteroatoms. The summed E-state index contributed by atoms with van der Waals surface area (Å²) in [4.78, 5) is 4.13. The van der Waals surface area contributed by atoms with E-state index in [1.54, 1.807) is 12.3 Å². The van der Waals surface area contributed by atoms with E-state index in [9.17, 15) is 0 Å². The lowest BCUT2D eigenvalue weighted by Gasteiger charge is -2.22. The second kappa shape index (κ2) is 8.05. The van der Waals surface area contributed by atoms with Gasteiger partial charge in [0.15, 0.2) is 0 Å². The van der Waals surface area contributed by atoms with Crippen molar-refractivity contribution in [3.8, 4) is 6.07 Å². The highest BCUT2D eigenvalue weighted by Crippen LogP contribution is 2.22. The van der Waals surface area contributed by atoms with Crippen molar-refractivity contribution in [2.24, 2.45) is 0 Å². The lowest BCUT2D eigenvalue weighted by molar-refractivity contribution is 0.0329. The quantitative estimate of drug-likeness (QED) is 0.787. The molecule has 0 amide bonds. The summed E-state index contributed by atoms with van der Waals surface area (Å²) in [6, 6.07) is 3.64. The van der Waals surface area contributed by atoms with Crippen molar-refractivity contribution in [1.29, 1.82) is 5.26 Å². The Morgan fingerprint density at radius 2 is 2.30 bits per heavy atom. The summed E-state index contributed by atoms with van der Waals surface area (Å²) in [5.74, 6) is 0.563. The van der Waals surface area contributed by atoms with Gasteiger partial charge in [0.2, 0.25) is 0 Å². The number of nitriles is 1. The molecule has 0 atom stereocenters. The highest BCUT2D eigenvalue weighted by atomic mass is 35.5. The van der Waals surface area contributed by atoms with Crippen LogP contribution in [0.5, 0.6) is 0 Å². The normalized spacial score (nSPS) is 15.8. The number of hydrogen-bond donors (Lipinski definition) is 2. The van der Waals surface area contributed by atoms with Gasteiger partial charge in [-0.3, -0.25) is 0 Å². The maximum absolute atomic E-state index is 8.88. The fraction of sp³-hybridized carbons (Fsp3) is 0.571. The van der Waals surface area contributed by atoms with Crippen molar-refractivity contribution in [1.82, 2.24) is 10.3 Å². The van der Waals surface area contributed by atoms with E-state index < -0.39 is 0 Å². The molecule has 1 aromatic heterocycles. The molecule has 2 N–H and O–H groups in total. The molecule has 2 rings (SSSR count). The monoisotopic (exact) mass is 294 g/mol. The zero-order valence-electron chi connectivity index (χ0n) is 11.4. The van der Waals surface area contributed by atoms with Crippen LogP contribution >= 0.6 is 11.6 Å². The van der Waals surface area contributed by atoms with Crippen LogP contribution in [-0.2, 0) is 4.74 Å². The first-order valence-corrected chi connectivity index (χ1v) is 7.30. The van der Waals surface area contributed by atoms with Crippen LogP contribution in [0, 0.1) is 11.3 Å². The SMILES string of the molecule is N#Cc1ccnc(NCCCOC2CCNCC2)c1Cl. The lowest BCUT2D eigenvalue weighted by atomic mass is 10.1. The number of rotatable bonds is 6. The van der Waals surface area contributed by atoms with Gasteiger partial charge in [0.1, 0.15) is 16.9 Å². The Labute approximate surface area is 124 Å². The molecule has 0 radical (unpaired) electrons. The second-order valence-electron chi connectivity index (χ2n) is 4.73. The van der Waals surface area contributed by atoms with Crippen LogP contribution in [0.15, 0.2) is 12.3 Å². The standard InChI is InChI=1S/C14H19ClN4O/c15-13-11(10-16)2-8-19-14(13)18-5-1-9-20-12-3-6-17-7-4-12/h2,8,12,17H,1,3-7,9H2,(H,18,19). The molecule has 5 nitrogen and oxygen atoms in total. The van der Waals surface area contributed by atoms with Gasteiger partial charge < -0.3 is 15.4 Å². The molecular formula is C14H19ClN4O. The lowest BCUT2D eigenvalue weighted by Crippen LogP contribution is -2.32. The predicted molar refractivity (Wildman–Crippen MR) is 78.9 cm³/mol. The fourth-order valence-corrected chi connectivity index (χ4v) is 2.37. The third-order valence-corrected chi connectivity index (χ3v) is 3.65. The van der Waals surface area contributed by atoms with E-state index in [4.69, 9.17) is 21.6 Å². The zero-order chi connectivity index (χ0) is 14.2. The van der Waals surface area contributed by atoms with Crippen molar-refractivity contribution < 1.29 is 4.74 Å². The number of nitrogens with one attached hydrogen (secondary N) is 2. The number of pyridine rings is 1. The summed E-state index contributed by atoms with van der Waals surface area (Å²) in [5.41, 5.74) is 0.440. The van der Waals surface area contributed by atoms with Gasteiger partial charge in [-0.15, -0.1) is 0 Å². The highest BCUT2D eigenvalue weighted by Gasteiger charge is 2.12. The number of nitrogens with zero attached hydrogens (tertiary/aromatic N) is 2. The molecule has 1 fully saturated rings. The first-order valence-electron chi connectivity index (χ1n) is 6.92. The Kier molecular flexibility index (Phi) is 6.06. The minimum Gasteiger partial charge on any atom is -0.378 e. The molecule has 0 saturated carbocycles. The van der Waals surface area contributed by atoms with E-state index in [1.165, 1.54) is 0 Å². The van der Waals surface area contributed by atoms with Crippen molar-refractivity contribution >= 4 is 17.4 Å². The summed E-state index contributed by atoms with van der Waals surface area (Å²) in [6.45, 7) is 3.55. The van der Waals surface area contributed by atoms with Crippen molar-refractivity contribution in [2.75, 3.05) is 31.6 Å². The molecule has 20 heavy (non-hydrogen) atoms. The van der Waals surface area contributed by atoms with Crippen molar-refractivity contribution in [2.45, 2.75) is 25.4 Å². The molecule has 0 unspecified atom stereocenters. The first-order chi connectivity index (χ1) is 9.81. The highest BCUT2D eigenvalue weighted by molar-refractivity contribution is 6.34. The van der Waals surface area contributed by atoms with Crippen LogP contribution in [0.25, 0.3) is 0 Å². The first kappa shape index (κ1) is 15.0. The summed E-state index contributed by atoms with van der Waals surface area (Å²) in [5, 5.41) is 15.7. The molecule has 1 aliphatic heterocycles. The maximum atomic E-state index is 8.88. The van der Waals surface area contributed by atoms with Gasteiger partial charge in [-0.25, -0.2) is 4.98 Å². The van der Waals surface area contributed by atoms with E-state index in [-0.39, 0.29) is 0 Å². The van der Waals surface area contributed by atoms with Gasteiger partial charge in [-0.05, 0) is 38.4 Å². The van der Waals surface area contributed by atoms with E-state index in [0.29, 0.717) is 22.5 Å². The summed E-state index contributed by atoms with van der Waals surface area (Å²) < 4.78 is 5.81. The number of ether oxygens (including phenoxy) is 1. The van der Waals surface area contributed by atoms with Gasteiger partial charge in [0.25, 0.3) is 0 Å². The molecule has 0 aromatic carbocycles. The number of halogens is 1. The van der Waals surface area contributed by atoms with Gasteiger partial charge in [0, 0.05) is 19.3 Å². The van der Waals surface area contributed by atoms with E-state index >= 15 is 0 Å². The molecule has 0 bridgehead atoms. The van der Waals surface area contributed by atoms with E-state index in [1.807, 2.05) is 6.07 Å². The molecule has 2 heterocycles. The van der Waals surface area contributed by atoms with Gasteiger partial charge in [0.05, 0.1) is 11.7 Å². The van der Waals surface area contributed by atoms with Gasteiger partial charge in [-0.1, -0.05) is 11.6 Å². The van der Waals surface area contributed by atoms with Crippen LogP contribution in [-0.4, -0.2) is 37.3 Å². The average Bonchev–Trinajstić information content (AvgIpc) is 2.49. The van der Waals surface area contributed by atoms with Crippen molar-refractivity contribution in [3.63, 3.8) is 0 Å². The Morgan fingerprint density at radius 3 is 3.05 bits per heavy atom. The number of hydrogen-bond acceptors (Lipinski definition) is 5. The largest absolute Gasteiger partial charge is 0.378 e. The van der Waals surface area contributed by atoms with Crippen LogP contribution < -0.4 is 10.6 Å². The Balaban J connectivity index is 1.67. The number of aromatic nitrogens is 1. The van der Waals surface area contributed by atoms with Crippen molar-refractivity contribution in [3.05, 3.63) is 22.8 Å². The number of piperidine rings is 1. The Bertz CT molecular complexity index is 469. The van der Waals surface area contributed by atoms with Crippen LogP contribution in [0.3, 0.4) is 0 Å². The number of anilines is 1. The maximum Gasteiger partial charge on any atom is 0.146 e. The third kappa shape index (κ3) is 4.34. The molecule has 1 aromatic rings. The molecule has 0 spiro atoms. The topological polar surface area (TPSA) is 70.0 Å². The minimum atomic E-state index is 0.384. The molecule has 1 saturated heterocycles. The summed E-state index contributed by atoms with van der Waals surface area (Å²) in [7, 11) is 0. The van der Waals surface area contributed by atoms with Crippen LogP contribution in [0.1, 0.15) is 24.8 Å². The summed E-state index contributed by atoms with van der Waals surface area (Å²) >= 11 is 6.06. The van der Waals surface area contributed by atoms with E-state index in [0.717, 1.165) is 45.5 Å². The smallest absolute Gasteiger partial charge is 0.146 e. The summed E-state index contributed by atoms with van der Waals surface area (Å²) in [6.07, 6.45) is 5.03. The van der Waals surface area contributed by atoms with E-state index in [2.05, 4.69) is 15.6 Å².